The molecule has 1 unspecified atom stereocenters. The van der Waals surface area contributed by atoms with Crippen LogP contribution in [0.4, 0.5) is 4.39 Å². The lowest BCUT2D eigenvalue weighted by Crippen LogP contribution is -2.39. The summed E-state index contributed by atoms with van der Waals surface area (Å²) in [4.78, 5) is 21.8. The van der Waals surface area contributed by atoms with E-state index in [9.17, 15) is 9.18 Å². The number of carbonyl (C=O) groups is 1. The summed E-state index contributed by atoms with van der Waals surface area (Å²) in [7, 11) is 1.52. The molecule has 2 N–H and O–H groups in total. The number of amides is 1. The molecule has 0 aliphatic carbocycles. The normalized spacial score (nSPS) is 21.1. The van der Waals surface area contributed by atoms with Crippen molar-refractivity contribution in [2.45, 2.75) is 12.5 Å². The van der Waals surface area contributed by atoms with Crippen LogP contribution in [0.5, 0.6) is 0 Å². The van der Waals surface area contributed by atoms with Crippen LogP contribution in [0.1, 0.15) is 12.5 Å². The third-order valence-corrected chi connectivity index (χ3v) is 3.89. The highest BCUT2D eigenvalue weighted by molar-refractivity contribution is 6.06. The topological polar surface area (TPSA) is 71.6 Å². The number of guanidine groups is 1. The number of hydrogen-bond donors (Lipinski definition) is 1. The van der Waals surface area contributed by atoms with Gasteiger partial charge in [0.25, 0.3) is 5.91 Å². The van der Waals surface area contributed by atoms with Gasteiger partial charge in [-0.1, -0.05) is 12.1 Å². The summed E-state index contributed by atoms with van der Waals surface area (Å²) < 4.78 is 14.3. The number of hydrogen-bond acceptors (Lipinski definition) is 4. The van der Waals surface area contributed by atoms with Crippen molar-refractivity contribution in [3.63, 3.8) is 0 Å². The molecule has 0 spiro atoms. The van der Waals surface area contributed by atoms with Crippen LogP contribution in [0.3, 0.4) is 0 Å². The third-order valence-electron chi connectivity index (χ3n) is 3.89. The van der Waals surface area contributed by atoms with Crippen molar-refractivity contribution in [1.82, 2.24) is 9.88 Å². The van der Waals surface area contributed by atoms with Gasteiger partial charge >= 0.3 is 0 Å². The van der Waals surface area contributed by atoms with Gasteiger partial charge in [-0.15, -0.1) is 0 Å². The first-order chi connectivity index (χ1) is 10.4. The van der Waals surface area contributed by atoms with E-state index >= 15 is 0 Å². The molecule has 1 aliphatic rings. The first-order valence-corrected chi connectivity index (χ1v) is 6.77. The monoisotopic (exact) mass is 298 g/mol. The SMILES string of the molecule is CN1C(=O)C(C)(c2cc(-c3cccnc3)ccc2F)N=C1N. The quantitative estimate of drug-likeness (QED) is 0.920. The minimum absolute atomic E-state index is 0.0821. The van der Waals surface area contributed by atoms with Gasteiger partial charge < -0.3 is 5.73 Å². The highest BCUT2D eigenvalue weighted by Gasteiger charge is 2.45. The Morgan fingerprint density at radius 2 is 2.05 bits per heavy atom. The number of carbonyl (C=O) groups excluding carboxylic acids is 1. The van der Waals surface area contributed by atoms with Crippen molar-refractivity contribution in [3.8, 4) is 11.1 Å². The third kappa shape index (κ3) is 2.04. The van der Waals surface area contributed by atoms with E-state index in [1.807, 2.05) is 6.07 Å². The van der Waals surface area contributed by atoms with E-state index < -0.39 is 11.4 Å². The molecule has 1 amide bonds. The van der Waals surface area contributed by atoms with Crippen molar-refractivity contribution in [2.75, 3.05) is 7.05 Å². The molecule has 0 saturated heterocycles. The van der Waals surface area contributed by atoms with Gasteiger partial charge in [0.2, 0.25) is 0 Å². The molecular formula is C16H15FN4O. The molecule has 0 saturated carbocycles. The van der Waals surface area contributed by atoms with Crippen LogP contribution in [-0.4, -0.2) is 28.8 Å². The van der Waals surface area contributed by atoms with Crippen molar-refractivity contribution < 1.29 is 9.18 Å². The van der Waals surface area contributed by atoms with Gasteiger partial charge in [0.15, 0.2) is 11.5 Å². The Kier molecular flexibility index (Phi) is 3.16. The smallest absolute Gasteiger partial charge is 0.261 e. The Balaban J connectivity index is 2.14. The summed E-state index contributed by atoms with van der Waals surface area (Å²) in [5.74, 6) is -0.763. The standard InChI is InChI=1S/C16H15FN4O/c1-16(14(22)21(2)15(18)20-16)12-8-10(5-6-13(12)17)11-4-3-7-19-9-11/h3-9H,1-2H3,(H2,18,20). The number of aromatic nitrogens is 1. The van der Waals surface area contributed by atoms with Gasteiger partial charge in [0.05, 0.1) is 0 Å². The number of rotatable bonds is 2. The number of nitrogens with zero attached hydrogens (tertiary/aromatic N) is 3. The van der Waals surface area contributed by atoms with E-state index in [1.165, 1.54) is 18.0 Å². The summed E-state index contributed by atoms with van der Waals surface area (Å²) in [5, 5.41) is 0. The number of halogens is 1. The van der Waals surface area contributed by atoms with Gasteiger partial charge in [-0.05, 0) is 30.7 Å². The molecule has 0 radical (unpaired) electrons. The van der Waals surface area contributed by atoms with Crippen LogP contribution < -0.4 is 5.73 Å². The lowest BCUT2D eigenvalue weighted by Gasteiger charge is -2.21. The largest absolute Gasteiger partial charge is 0.369 e. The predicted octanol–water partition coefficient (Wildman–Crippen LogP) is 1.89. The Labute approximate surface area is 127 Å². The van der Waals surface area contributed by atoms with Crippen molar-refractivity contribution in [3.05, 3.63) is 54.1 Å². The second-order valence-electron chi connectivity index (χ2n) is 5.34. The van der Waals surface area contributed by atoms with E-state index in [4.69, 9.17) is 5.73 Å². The molecule has 1 aromatic carbocycles. The van der Waals surface area contributed by atoms with Crippen LogP contribution in [-0.2, 0) is 10.3 Å². The van der Waals surface area contributed by atoms with Crippen molar-refractivity contribution >= 4 is 11.9 Å². The highest BCUT2D eigenvalue weighted by Crippen LogP contribution is 2.35. The zero-order chi connectivity index (χ0) is 15.9. The molecule has 6 heteroatoms. The zero-order valence-electron chi connectivity index (χ0n) is 12.2. The van der Waals surface area contributed by atoms with Gasteiger partial charge in [-0.3, -0.25) is 14.7 Å². The Morgan fingerprint density at radius 3 is 2.64 bits per heavy atom. The maximum atomic E-state index is 14.3. The minimum atomic E-state index is -1.35. The van der Waals surface area contributed by atoms with Crippen molar-refractivity contribution in [2.24, 2.45) is 10.7 Å². The summed E-state index contributed by atoms with van der Waals surface area (Å²) in [6.07, 6.45) is 3.34. The fourth-order valence-electron chi connectivity index (χ4n) is 2.57. The molecule has 22 heavy (non-hydrogen) atoms. The maximum Gasteiger partial charge on any atom is 0.261 e. The molecule has 5 nitrogen and oxygen atoms in total. The number of nitrogens with two attached hydrogens (primary N) is 1. The molecule has 2 aromatic rings. The molecule has 1 aliphatic heterocycles. The van der Waals surface area contributed by atoms with E-state index in [2.05, 4.69) is 9.98 Å². The molecule has 1 aromatic heterocycles. The Bertz CT molecular complexity index is 775. The van der Waals surface area contributed by atoms with Gasteiger partial charge in [0.1, 0.15) is 5.82 Å². The van der Waals surface area contributed by atoms with Crippen LogP contribution in [0, 0.1) is 5.82 Å². The van der Waals surface area contributed by atoms with Crippen molar-refractivity contribution in [1.29, 1.82) is 0 Å². The lowest BCUT2D eigenvalue weighted by molar-refractivity contribution is -0.130. The first kappa shape index (κ1) is 14.2. The number of benzene rings is 1. The second kappa shape index (κ2) is 4.91. The summed E-state index contributed by atoms with van der Waals surface area (Å²) in [6.45, 7) is 1.57. The fourth-order valence-corrected chi connectivity index (χ4v) is 2.57. The highest BCUT2D eigenvalue weighted by atomic mass is 19.1. The summed E-state index contributed by atoms with van der Waals surface area (Å²) in [6, 6.07) is 8.27. The number of pyridine rings is 1. The van der Waals surface area contributed by atoms with Crippen LogP contribution in [0.25, 0.3) is 11.1 Å². The second-order valence-corrected chi connectivity index (χ2v) is 5.34. The number of aliphatic imine (C=N–C) groups is 1. The average molecular weight is 298 g/mol. The summed E-state index contributed by atoms with van der Waals surface area (Å²) in [5.41, 5.74) is 6.16. The van der Waals surface area contributed by atoms with Crippen LogP contribution in [0.2, 0.25) is 0 Å². The van der Waals surface area contributed by atoms with E-state index in [0.717, 1.165) is 11.1 Å². The first-order valence-electron chi connectivity index (χ1n) is 6.77. The minimum Gasteiger partial charge on any atom is -0.369 e. The average Bonchev–Trinajstić information content (AvgIpc) is 2.73. The van der Waals surface area contributed by atoms with E-state index in [-0.39, 0.29) is 17.4 Å². The van der Waals surface area contributed by atoms with Gasteiger partial charge in [-0.25, -0.2) is 9.38 Å². The lowest BCUT2D eigenvalue weighted by atomic mass is 9.89. The molecule has 2 heterocycles. The fraction of sp³-hybridized carbons (Fsp3) is 0.188. The Hall–Kier alpha value is -2.76. The molecule has 0 fully saturated rings. The van der Waals surface area contributed by atoms with Gasteiger partial charge in [-0.2, -0.15) is 0 Å². The molecule has 0 bridgehead atoms. The van der Waals surface area contributed by atoms with E-state index in [1.54, 1.807) is 37.5 Å². The predicted molar refractivity (Wildman–Crippen MR) is 81.4 cm³/mol. The van der Waals surface area contributed by atoms with Gasteiger partial charge in [0, 0.05) is 30.6 Å². The molecule has 3 rings (SSSR count). The molecule has 112 valence electrons. The molecule has 1 atom stereocenters. The number of likely N-dealkylation sites (N-methyl/N-ethyl adjacent to an activating group) is 1. The maximum absolute atomic E-state index is 14.3. The molecular weight excluding hydrogens is 283 g/mol. The summed E-state index contributed by atoms with van der Waals surface area (Å²) >= 11 is 0. The van der Waals surface area contributed by atoms with Crippen LogP contribution >= 0.6 is 0 Å². The van der Waals surface area contributed by atoms with Crippen LogP contribution in [0.15, 0.2) is 47.7 Å². The zero-order valence-corrected chi connectivity index (χ0v) is 12.2. The Morgan fingerprint density at radius 1 is 1.27 bits per heavy atom. The van der Waals surface area contributed by atoms with E-state index in [0.29, 0.717) is 0 Å².